The van der Waals surface area contributed by atoms with Crippen LogP contribution in [0.1, 0.15) is 34.5 Å². The molecular formula is C18H20N4O2. The maximum atomic E-state index is 13.1. The van der Waals surface area contributed by atoms with Crippen LogP contribution in [0.4, 0.5) is 0 Å². The average molecular weight is 324 g/mol. The molecule has 1 aliphatic rings. The molecule has 2 aromatic rings. The van der Waals surface area contributed by atoms with Gasteiger partial charge in [-0.3, -0.25) is 19.6 Å². The van der Waals surface area contributed by atoms with Crippen LogP contribution < -0.4 is 5.32 Å². The fraction of sp³-hybridized carbons (Fsp3) is 0.333. The molecule has 6 heteroatoms. The van der Waals surface area contributed by atoms with E-state index in [1.165, 1.54) is 0 Å². The Morgan fingerprint density at radius 3 is 2.58 bits per heavy atom. The summed E-state index contributed by atoms with van der Waals surface area (Å²) in [5, 5.41) is 2.69. The molecule has 0 aliphatic carbocycles. The smallest absolute Gasteiger partial charge is 0.255 e. The molecule has 1 saturated heterocycles. The molecule has 0 bridgehead atoms. The molecule has 0 spiro atoms. The Kier molecular flexibility index (Phi) is 4.29. The number of hydrogen-bond donors (Lipinski definition) is 1. The maximum Gasteiger partial charge on any atom is 0.255 e. The normalized spacial score (nSPS) is 20.0. The number of likely N-dealkylation sites (tertiary alicyclic amines) is 1. The van der Waals surface area contributed by atoms with E-state index in [2.05, 4.69) is 15.3 Å². The number of amides is 2. The largest absolute Gasteiger partial charge is 0.357 e. The first-order valence-corrected chi connectivity index (χ1v) is 7.97. The summed E-state index contributed by atoms with van der Waals surface area (Å²) in [6.07, 6.45) is 5.94. The van der Waals surface area contributed by atoms with Crippen molar-refractivity contribution in [1.82, 2.24) is 20.2 Å². The van der Waals surface area contributed by atoms with E-state index < -0.39 is 5.54 Å². The highest BCUT2D eigenvalue weighted by Gasteiger charge is 2.52. The Labute approximate surface area is 140 Å². The molecule has 1 aliphatic heterocycles. The highest BCUT2D eigenvalue weighted by molar-refractivity contribution is 6.00. The average Bonchev–Trinajstić information content (AvgIpc) is 3.08. The lowest BCUT2D eigenvalue weighted by Crippen LogP contribution is -2.54. The quantitative estimate of drug-likeness (QED) is 0.932. The number of hydrogen-bond acceptors (Lipinski definition) is 4. The number of rotatable bonds is 3. The van der Waals surface area contributed by atoms with Crippen molar-refractivity contribution in [2.24, 2.45) is 0 Å². The number of nitrogens with one attached hydrogen (secondary N) is 1. The molecule has 0 saturated carbocycles. The Balaban J connectivity index is 2.06. The summed E-state index contributed by atoms with van der Waals surface area (Å²) >= 11 is 0. The van der Waals surface area contributed by atoms with E-state index in [-0.39, 0.29) is 11.8 Å². The van der Waals surface area contributed by atoms with Gasteiger partial charge in [-0.05, 0) is 31.9 Å². The van der Waals surface area contributed by atoms with Crippen LogP contribution in [0.25, 0.3) is 0 Å². The molecule has 1 N–H and O–H groups in total. The molecule has 0 radical (unpaired) electrons. The van der Waals surface area contributed by atoms with Crippen LogP contribution in [0.5, 0.6) is 0 Å². The molecule has 1 aromatic carbocycles. The van der Waals surface area contributed by atoms with Crippen molar-refractivity contribution in [2.75, 3.05) is 13.6 Å². The third-order valence-corrected chi connectivity index (χ3v) is 4.51. The number of carbonyl (C=O) groups excluding carboxylic acids is 2. The number of aromatic nitrogens is 2. The van der Waals surface area contributed by atoms with Crippen LogP contribution in [0.15, 0.2) is 42.9 Å². The minimum atomic E-state index is -1.11. The zero-order chi connectivity index (χ0) is 17.2. The molecule has 1 fully saturated rings. The van der Waals surface area contributed by atoms with E-state index in [1.807, 2.05) is 19.1 Å². The van der Waals surface area contributed by atoms with Crippen molar-refractivity contribution >= 4 is 11.8 Å². The van der Waals surface area contributed by atoms with Gasteiger partial charge in [-0.1, -0.05) is 17.7 Å². The van der Waals surface area contributed by atoms with Crippen molar-refractivity contribution in [3.05, 3.63) is 59.7 Å². The summed E-state index contributed by atoms with van der Waals surface area (Å²) in [7, 11) is 1.58. The second-order valence-corrected chi connectivity index (χ2v) is 5.96. The Morgan fingerprint density at radius 1 is 1.21 bits per heavy atom. The van der Waals surface area contributed by atoms with Crippen LogP contribution in [0.2, 0.25) is 0 Å². The molecule has 1 aromatic heterocycles. The summed E-state index contributed by atoms with van der Waals surface area (Å²) in [6.45, 7) is 2.48. The Bertz CT molecular complexity index is 745. The first-order valence-electron chi connectivity index (χ1n) is 7.97. The van der Waals surface area contributed by atoms with Crippen LogP contribution in [-0.4, -0.2) is 40.3 Å². The lowest BCUT2D eigenvalue weighted by atomic mass is 9.90. The third-order valence-electron chi connectivity index (χ3n) is 4.51. The molecular weight excluding hydrogens is 304 g/mol. The zero-order valence-electron chi connectivity index (χ0n) is 13.8. The van der Waals surface area contributed by atoms with E-state index in [9.17, 15) is 9.59 Å². The minimum absolute atomic E-state index is 0.165. The second-order valence-electron chi connectivity index (χ2n) is 5.96. The topological polar surface area (TPSA) is 75.2 Å². The zero-order valence-corrected chi connectivity index (χ0v) is 13.8. The van der Waals surface area contributed by atoms with E-state index in [0.29, 0.717) is 24.2 Å². The number of aryl methyl sites for hydroxylation is 1. The predicted molar refractivity (Wildman–Crippen MR) is 89.2 cm³/mol. The van der Waals surface area contributed by atoms with Crippen molar-refractivity contribution < 1.29 is 9.59 Å². The Morgan fingerprint density at radius 2 is 1.96 bits per heavy atom. The van der Waals surface area contributed by atoms with Crippen molar-refractivity contribution in [3.63, 3.8) is 0 Å². The Hall–Kier alpha value is -2.76. The molecule has 2 amide bonds. The van der Waals surface area contributed by atoms with Gasteiger partial charge in [0.25, 0.3) is 11.8 Å². The van der Waals surface area contributed by atoms with Gasteiger partial charge >= 0.3 is 0 Å². The number of likely N-dealkylation sites (N-methyl/N-ethyl adjacent to an activating group) is 1. The minimum Gasteiger partial charge on any atom is -0.357 e. The van der Waals surface area contributed by atoms with Crippen molar-refractivity contribution in [3.8, 4) is 0 Å². The number of benzene rings is 1. The molecule has 2 heterocycles. The summed E-state index contributed by atoms with van der Waals surface area (Å²) in [6, 6.07) is 7.38. The SMILES string of the molecule is CNC(=O)[C@@]1(c2cnccn2)CCCN1C(=O)c1ccc(C)cc1. The van der Waals surface area contributed by atoms with Crippen molar-refractivity contribution in [1.29, 1.82) is 0 Å². The van der Waals surface area contributed by atoms with E-state index in [4.69, 9.17) is 0 Å². The first-order chi connectivity index (χ1) is 11.6. The number of nitrogens with zero attached hydrogens (tertiary/aromatic N) is 3. The van der Waals surface area contributed by atoms with Gasteiger partial charge in [0.15, 0.2) is 5.54 Å². The first kappa shape index (κ1) is 16.1. The van der Waals surface area contributed by atoms with E-state index in [0.717, 1.165) is 12.0 Å². The molecule has 1 atom stereocenters. The highest BCUT2D eigenvalue weighted by atomic mass is 16.2. The monoisotopic (exact) mass is 324 g/mol. The molecule has 6 nitrogen and oxygen atoms in total. The van der Waals surface area contributed by atoms with Gasteiger partial charge in [0.1, 0.15) is 0 Å². The standard InChI is InChI=1S/C18H20N4O2/c1-13-4-6-14(7-5-13)16(23)22-11-3-8-18(22,17(24)19-2)15-12-20-9-10-21-15/h4-7,9-10,12H,3,8,11H2,1-2H3,(H,19,24)/t18-/m0/s1. The van der Waals surface area contributed by atoms with Crippen molar-refractivity contribution in [2.45, 2.75) is 25.3 Å². The molecule has 3 rings (SSSR count). The van der Waals surface area contributed by atoms with Gasteiger partial charge in [0.05, 0.1) is 11.9 Å². The fourth-order valence-corrected chi connectivity index (χ4v) is 3.28. The van der Waals surface area contributed by atoms with Crippen LogP contribution >= 0.6 is 0 Å². The molecule has 24 heavy (non-hydrogen) atoms. The van der Waals surface area contributed by atoms with Gasteiger partial charge in [0.2, 0.25) is 0 Å². The second kappa shape index (κ2) is 6.39. The van der Waals surface area contributed by atoms with Gasteiger partial charge in [-0.25, -0.2) is 0 Å². The maximum absolute atomic E-state index is 13.1. The third kappa shape index (κ3) is 2.54. The van der Waals surface area contributed by atoms with Gasteiger partial charge in [-0.2, -0.15) is 0 Å². The van der Waals surface area contributed by atoms with E-state index >= 15 is 0 Å². The van der Waals surface area contributed by atoms with Crippen LogP contribution in [0.3, 0.4) is 0 Å². The van der Waals surface area contributed by atoms with Gasteiger partial charge < -0.3 is 10.2 Å². The van der Waals surface area contributed by atoms with Gasteiger partial charge in [0, 0.05) is 31.5 Å². The summed E-state index contributed by atoms with van der Waals surface area (Å²) in [4.78, 5) is 35.9. The lowest BCUT2D eigenvalue weighted by molar-refractivity contribution is -0.131. The molecule has 0 unspecified atom stereocenters. The number of carbonyl (C=O) groups is 2. The molecule has 124 valence electrons. The van der Waals surface area contributed by atoms with E-state index in [1.54, 1.807) is 42.7 Å². The van der Waals surface area contributed by atoms with Crippen LogP contribution in [-0.2, 0) is 10.3 Å². The summed E-state index contributed by atoms with van der Waals surface area (Å²) in [5.41, 5.74) is 1.05. The lowest BCUT2D eigenvalue weighted by Gasteiger charge is -2.36. The fourth-order valence-electron chi connectivity index (χ4n) is 3.28. The predicted octanol–water partition coefficient (Wildman–Crippen LogP) is 1.66. The van der Waals surface area contributed by atoms with Gasteiger partial charge in [-0.15, -0.1) is 0 Å². The summed E-state index contributed by atoms with van der Waals surface area (Å²) < 4.78 is 0. The van der Waals surface area contributed by atoms with Crippen LogP contribution in [0, 0.1) is 6.92 Å². The highest BCUT2D eigenvalue weighted by Crippen LogP contribution is 2.39. The summed E-state index contributed by atoms with van der Waals surface area (Å²) in [5.74, 6) is -0.400.